The molecule has 0 unspecified atom stereocenters. The van der Waals surface area contributed by atoms with E-state index in [0.717, 1.165) is 29.1 Å². The monoisotopic (exact) mass is 260 g/mol. The second kappa shape index (κ2) is 3.97. The number of hydrogen-bond donors (Lipinski definition) is 0. The average molecular weight is 260 g/mol. The summed E-state index contributed by atoms with van der Waals surface area (Å²) >= 11 is 0. The molecule has 1 aromatic rings. The summed E-state index contributed by atoms with van der Waals surface area (Å²) in [6, 6.07) is 5.07. The Kier molecular flexibility index (Phi) is 2.46. The summed E-state index contributed by atoms with van der Waals surface area (Å²) in [4.78, 5) is 0. The van der Waals surface area contributed by atoms with Crippen LogP contribution in [0.5, 0.6) is 5.75 Å². The molecule has 1 aromatic carbocycles. The normalized spacial score (nSPS) is 39.6. The Morgan fingerprint density at radius 3 is 2.16 bits per heavy atom. The number of methoxy groups -OCH3 is 1. The lowest BCUT2D eigenvalue weighted by molar-refractivity contribution is -0.00629. The molecule has 0 saturated heterocycles. The summed E-state index contributed by atoms with van der Waals surface area (Å²) in [5, 5.41) is 0. The van der Waals surface area contributed by atoms with Crippen molar-refractivity contribution >= 4 is 0 Å². The first kappa shape index (κ1) is 11.7. The van der Waals surface area contributed by atoms with Gasteiger partial charge in [-0.15, -0.1) is 0 Å². The van der Waals surface area contributed by atoms with Gasteiger partial charge in [0, 0.05) is 5.56 Å². The van der Waals surface area contributed by atoms with Gasteiger partial charge in [-0.25, -0.2) is 4.39 Å². The van der Waals surface area contributed by atoms with E-state index < -0.39 is 0 Å². The predicted molar refractivity (Wildman–Crippen MR) is 72.8 cm³/mol. The fourth-order valence-electron chi connectivity index (χ4n) is 5.54. The van der Waals surface area contributed by atoms with Gasteiger partial charge >= 0.3 is 0 Å². The topological polar surface area (TPSA) is 9.23 Å². The first-order valence-electron chi connectivity index (χ1n) is 7.52. The molecule has 1 nitrogen and oxygen atoms in total. The smallest absolute Gasteiger partial charge is 0.123 e. The Balaban J connectivity index is 1.81. The highest BCUT2D eigenvalue weighted by Crippen LogP contribution is 2.61. The van der Waals surface area contributed by atoms with Crippen molar-refractivity contribution in [1.82, 2.24) is 0 Å². The lowest BCUT2D eigenvalue weighted by Gasteiger charge is -2.57. The molecule has 5 rings (SSSR count). The van der Waals surface area contributed by atoms with Gasteiger partial charge < -0.3 is 4.74 Å². The molecule has 0 N–H and O–H groups in total. The van der Waals surface area contributed by atoms with Crippen LogP contribution in [0.1, 0.15) is 44.1 Å². The standard InChI is InChI=1S/C17H21FO/c1-19-16-3-2-14(18)7-15(16)17-8-11-4-12(9-17)6-13(5-11)10-17/h2-3,7,11-13H,4-6,8-10H2,1H3. The third-order valence-corrected chi connectivity index (χ3v) is 5.77. The lowest BCUT2D eigenvalue weighted by atomic mass is 9.48. The van der Waals surface area contributed by atoms with Crippen molar-refractivity contribution in [2.75, 3.05) is 7.11 Å². The fraction of sp³-hybridized carbons (Fsp3) is 0.647. The summed E-state index contributed by atoms with van der Waals surface area (Å²) in [6.07, 6.45) is 7.99. The molecule has 102 valence electrons. The van der Waals surface area contributed by atoms with Gasteiger partial charge in [0.05, 0.1) is 7.11 Å². The van der Waals surface area contributed by atoms with E-state index in [9.17, 15) is 4.39 Å². The molecular formula is C17H21FO. The van der Waals surface area contributed by atoms with E-state index in [1.807, 2.05) is 6.07 Å². The highest BCUT2D eigenvalue weighted by Gasteiger charge is 2.52. The Labute approximate surface area is 114 Å². The van der Waals surface area contributed by atoms with E-state index >= 15 is 0 Å². The van der Waals surface area contributed by atoms with Crippen molar-refractivity contribution in [1.29, 1.82) is 0 Å². The number of ether oxygens (including phenoxy) is 1. The summed E-state index contributed by atoms with van der Waals surface area (Å²) in [6.45, 7) is 0. The molecule has 4 bridgehead atoms. The summed E-state index contributed by atoms with van der Waals surface area (Å²) in [5.41, 5.74) is 1.36. The maximum absolute atomic E-state index is 13.7. The lowest BCUT2D eigenvalue weighted by Crippen LogP contribution is -2.48. The van der Waals surface area contributed by atoms with Gasteiger partial charge in [-0.1, -0.05) is 0 Å². The van der Waals surface area contributed by atoms with Gasteiger partial charge in [0.15, 0.2) is 0 Å². The van der Waals surface area contributed by atoms with Crippen LogP contribution in [0.25, 0.3) is 0 Å². The minimum Gasteiger partial charge on any atom is -0.496 e. The molecule has 0 spiro atoms. The Bertz CT molecular complexity index is 473. The second-order valence-corrected chi connectivity index (χ2v) is 7.04. The molecular weight excluding hydrogens is 239 g/mol. The Morgan fingerprint density at radius 1 is 1.05 bits per heavy atom. The maximum atomic E-state index is 13.7. The van der Waals surface area contributed by atoms with Crippen LogP contribution < -0.4 is 4.74 Å². The van der Waals surface area contributed by atoms with E-state index in [1.54, 1.807) is 13.2 Å². The Hall–Kier alpha value is -1.05. The van der Waals surface area contributed by atoms with Gasteiger partial charge in [-0.3, -0.25) is 0 Å². The highest BCUT2D eigenvalue weighted by molar-refractivity contribution is 5.42. The molecule has 2 heteroatoms. The van der Waals surface area contributed by atoms with Crippen molar-refractivity contribution < 1.29 is 9.13 Å². The molecule has 0 aromatic heterocycles. The second-order valence-electron chi connectivity index (χ2n) is 7.04. The third-order valence-electron chi connectivity index (χ3n) is 5.77. The number of benzene rings is 1. The minimum absolute atomic E-state index is 0.119. The van der Waals surface area contributed by atoms with E-state index in [4.69, 9.17) is 4.74 Å². The Morgan fingerprint density at radius 2 is 1.63 bits per heavy atom. The zero-order valence-electron chi connectivity index (χ0n) is 11.5. The summed E-state index contributed by atoms with van der Waals surface area (Å²) in [5.74, 6) is 3.40. The predicted octanol–water partition coefficient (Wildman–Crippen LogP) is 4.30. The zero-order chi connectivity index (χ0) is 13.0. The first-order chi connectivity index (χ1) is 9.18. The van der Waals surface area contributed by atoms with Gasteiger partial charge in [0.1, 0.15) is 11.6 Å². The van der Waals surface area contributed by atoms with E-state index in [1.165, 1.54) is 44.6 Å². The molecule has 4 saturated carbocycles. The zero-order valence-corrected chi connectivity index (χ0v) is 11.5. The number of halogens is 1. The molecule has 19 heavy (non-hydrogen) atoms. The maximum Gasteiger partial charge on any atom is 0.123 e. The molecule has 0 heterocycles. The van der Waals surface area contributed by atoms with Crippen molar-refractivity contribution in [2.24, 2.45) is 17.8 Å². The van der Waals surface area contributed by atoms with Crippen molar-refractivity contribution in [2.45, 2.75) is 43.9 Å². The van der Waals surface area contributed by atoms with Gasteiger partial charge in [0.25, 0.3) is 0 Å². The van der Waals surface area contributed by atoms with Crippen LogP contribution in [-0.4, -0.2) is 7.11 Å². The van der Waals surface area contributed by atoms with Crippen molar-refractivity contribution in [3.05, 3.63) is 29.6 Å². The van der Waals surface area contributed by atoms with E-state index in [-0.39, 0.29) is 11.2 Å². The molecule has 0 radical (unpaired) electrons. The van der Waals surface area contributed by atoms with Crippen molar-refractivity contribution in [3.63, 3.8) is 0 Å². The number of rotatable bonds is 2. The van der Waals surface area contributed by atoms with E-state index in [0.29, 0.717) is 0 Å². The van der Waals surface area contributed by atoms with Crippen LogP contribution in [-0.2, 0) is 5.41 Å². The van der Waals surface area contributed by atoms with Crippen LogP contribution in [0.15, 0.2) is 18.2 Å². The van der Waals surface area contributed by atoms with E-state index in [2.05, 4.69) is 0 Å². The third kappa shape index (κ3) is 1.72. The van der Waals surface area contributed by atoms with Gasteiger partial charge in [0.2, 0.25) is 0 Å². The van der Waals surface area contributed by atoms with Crippen molar-refractivity contribution in [3.8, 4) is 5.75 Å². The largest absolute Gasteiger partial charge is 0.496 e. The van der Waals surface area contributed by atoms with Crippen LogP contribution in [0.3, 0.4) is 0 Å². The molecule has 4 aliphatic carbocycles. The first-order valence-corrected chi connectivity index (χ1v) is 7.52. The molecule has 0 atom stereocenters. The summed E-state index contributed by atoms with van der Waals surface area (Å²) in [7, 11) is 1.71. The average Bonchev–Trinajstić information content (AvgIpc) is 2.37. The molecule has 0 amide bonds. The van der Waals surface area contributed by atoms with Crippen LogP contribution in [0, 0.1) is 23.6 Å². The molecule has 0 aliphatic heterocycles. The molecule has 4 fully saturated rings. The van der Waals surface area contributed by atoms with Gasteiger partial charge in [-0.2, -0.15) is 0 Å². The quantitative estimate of drug-likeness (QED) is 0.770. The minimum atomic E-state index is -0.119. The summed E-state index contributed by atoms with van der Waals surface area (Å²) < 4.78 is 19.2. The van der Waals surface area contributed by atoms with Crippen LogP contribution in [0.2, 0.25) is 0 Å². The fourth-order valence-corrected chi connectivity index (χ4v) is 5.54. The molecule has 4 aliphatic rings. The highest BCUT2D eigenvalue weighted by atomic mass is 19.1. The van der Waals surface area contributed by atoms with Gasteiger partial charge in [-0.05, 0) is 79.9 Å². The number of hydrogen-bond acceptors (Lipinski definition) is 1. The van der Waals surface area contributed by atoms with Crippen LogP contribution >= 0.6 is 0 Å². The van der Waals surface area contributed by atoms with Crippen LogP contribution in [0.4, 0.5) is 4.39 Å². The SMILES string of the molecule is COc1ccc(F)cc1C12CC3CC(CC(C3)C1)C2.